The average Bonchev–Trinajstić information content (AvgIpc) is 2.56. The Balaban J connectivity index is 2.87. The van der Waals surface area contributed by atoms with Gasteiger partial charge in [0.15, 0.2) is 0 Å². The van der Waals surface area contributed by atoms with Crippen LogP contribution in [0.15, 0.2) is 16.9 Å². The Labute approximate surface area is 77.1 Å². The van der Waals surface area contributed by atoms with Gasteiger partial charge in [0.2, 0.25) is 5.91 Å². The van der Waals surface area contributed by atoms with Crippen LogP contribution in [0.3, 0.4) is 0 Å². The van der Waals surface area contributed by atoms with Gasteiger partial charge in [0.1, 0.15) is 6.26 Å². The second-order valence-electron chi connectivity index (χ2n) is 3.19. The third kappa shape index (κ3) is 2.08. The molecule has 0 saturated heterocycles. The molecule has 4 heteroatoms. The number of primary amides is 1. The summed E-state index contributed by atoms with van der Waals surface area (Å²) in [5, 5.41) is 3.73. The van der Waals surface area contributed by atoms with Crippen LogP contribution in [0.25, 0.3) is 0 Å². The van der Waals surface area contributed by atoms with Crippen LogP contribution in [0, 0.1) is 5.92 Å². The van der Waals surface area contributed by atoms with E-state index in [9.17, 15) is 4.79 Å². The van der Waals surface area contributed by atoms with Crippen LogP contribution < -0.4 is 5.73 Å². The van der Waals surface area contributed by atoms with Crippen molar-refractivity contribution in [3.8, 4) is 0 Å². The van der Waals surface area contributed by atoms with Gasteiger partial charge in [-0.25, -0.2) is 0 Å². The molecule has 1 heterocycles. The second-order valence-corrected chi connectivity index (χ2v) is 3.19. The van der Waals surface area contributed by atoms with Gasteiger partial charge in [-0.1, -0.05) is 25.4 Å². The summed E-state index contributed by atoms with van der Waals surface area (Å²) in [7, 11) is 0. The summed E-state index contributed by atoms with van der Waals surface area (Å²) in [4.78, 5) is 11.1. The average molecular weight is 182 g/mol. The maximum absolute atomic E-state index is 11.1. The molecule has 0 aliphatic carbocycles. The Morgan fingerprint density at radius 1 is 1.77 bits per heavy atom. The fourth-order valence-corrected chi connectivity index (χ4v) is 1.34. The molecule has 1 amide bonds. The molecule has 1 rings (SSSR count). The Morgan fingerprint density at radius 2 is 2.46 bits per heavy atom. The standard InChI is InChI=1S/C9H14N2O2/c1-3-6(2)8(9(10)12)7-4-5-13-11-7/h4-6,8H,3H2,1-2H3,(H2,10,12). The van der Waals surface area contributed by atoms with Crippen molar-refractivity contribution in [2.24, 2.45) is 11.7 Å². The molecule has 2 N–H and O–H groups in total. The van der Waals surface area contributed by atoms with Crippen LogP contribution in [0.5, 0.6) is 0 Å². The summed E-state index contributed by atoms with van der Waals surface area (Å²) in [5.74, 6) is -0.477. The van der Waals surface area contributed by atoms with E-state index in [4.69, 9.17) is 5.73 Å². The lowest BCUT2D eigenvalue weighted by molar-refractivity contribution is -0.120. The predicted octanol–water partition coefficient (Wildman–Crippen LogP) is 1.29. The molecular weight excluding hydrogens is 168 g/mol. The van der Waals surface area contributed by atoms with Crippen LogP contribution in [0.2, 0.25) is 0 Å². The molecule has 13 heavy (non-hydrogen) atoms. The van der Waals surface area contributed by atoms with Gasteiger partial charge in [0.25, 0.3) is 0 Å². The largest absolute Gasteiger partial charge is 0.369 e. The van der Waals surface area contributed by atoms with Crippen molar-refractivity contribution < 1.29 is 9.32 Å². The minimum atomic E-state index is -0.344. The number of carbonyl (C=O) groups excluding carboxylic acids is 1. The van der Waals surface area contributed by atoms with E-state index < -0.39 is 0 Å². The summed E-state index contributed by atoms with van der Waals surface area (Å²) < 4.78 is 4.68. The lowest BCUT2D eigenvalue weighted by Crippen LogP contribution is -2.26. The van der Waals surface area contributed by atoms with E-state index in [1.807, 2.05) is 13.8 Å². The SMILES string of the molecule is CCC(C)C(C(N)=O)c1ccon1. The Bertz CT molecular complexity index is 269. The number of hydrogen-bond donors (Lipinski definition) is 1. The van der Waals surface area contributed by atoms with E-state index in [0.717, 1.165) is 6.42 Å². The monoisotopic (exact) mass is 182 g/mol. The van der Waals surface area contributed by atoms with Gasteiger partial charge in [-0.15, -0.1) is 0 Å². The van der Waals surface area contributed by atoms with Gasteiger partial charge >= 0.3 is 0 Å². The molecule has 0 fully saturated rings. The molecule has 0 saturated carbocycles. The first kappa shape index (κ1) is 9.77. The highest BCUT2D eigenvalue weighted by Gasteiger charge is 2.25. The van der Waals surface area contributed by atoms with Gasteiger partial charge in [-0.3, -0.25) is 4.79 Å². The van der Waals surface area contributed by atoms with Crippen LogP contribution in [0.4, 0.5) is 0 Å². The fraction of sp³-hybridized carbons (Fsp3) is 0.556. The van der Waals surface area contributed by atoms with Crippen molar-refractivity contribution in [2.75, 3.05) is 0 Å². The van der Waals surface area contributed by atoms with E-state index in [1.165, 1.54) is 6.26 Å². The quantitative estimate of drug-likeness (QED) is 0.762. The zero-order valence-electron chi connectivity index (χ0n) is 7.86. The van der Waals surface area contributed by atoms with Crippen molar-refractivity contribution >= 4 is 5.91 Å². The molecule has 0 aliphatic heterocycles. The van der Waals surface area contributed by atoms with Crippen LogP contribution in [-0.2, 0) is 4.79 Å². The smallest absolute Gasteiger partial charge is 0.226 e. The second kappa shape index (κ2) is 4.07. The van der Waals surface area contributed by atoms with E-state index in [2.05, 4.69) is 9.68 Å². The van der Waals surface area contributed by atoms with Gasteiger partial charge in [0.05, 0.1) is 11.6 Å². The molecule has 0 aliphatic rings. The number of nitrogens with zero attached hydrogens (tertiary/aromatic N) is 1. The minimum Gasteiger partial charge on any atom is -0.369 e. The first-order valence-corrected chi connectivity index (χ1v) is 4.36. The number of nitrogens with two attached hydrogens (primary N) is 1. The Kier molecular flexibility index (Phi) is 3.06. The molecular formula is C9H14N2O2. The molecule has 2 unspecified atom stereocenters. The van der Waals surface area contributed by atoms with Crippen LogP contribution in [0.1, 0.15) is 31.9 Å². The minimum absolute atomic E-state index is 0.197. The summed E-state index contributed by atoms with van der Waals surface area (Å²) in [6, 6.07) is 1.68. The first-order chi connectivity index (χ1) is 6.16. The van der Waals surface area contributed by atoms with E-state index in [-0.39, 0.29) is 17.7 Å². The third-order valence-corrected chi connectivity index (χ3v) is 2.30. The van der Waals surface area contributed by atoms with E-state index in [1.54, 1.807) is 6.07 Å². The lowest BCUT2D eigenvalue weighted by Gasteiger charge is -2.16. The molecule has 2 atom stereocenters. The highest BCUT2D eigenvalue weighted by Crippen LogP contribution is 2.24. The van der Waals surface area contributed by atoms with Crippen molar-refractivity contribution in [2.45, 2.75) is 26.2 Å². The Morgan fingerprint density at radius 3 is 2.85 bits per heavy atom. The Hall–Kier alpha value is -1.32. The number of hydrogen-bond acceptors (Lipinski definition) is 3. The van der Waals surface area contributed by atoms with Crippen molar-refractivity contribution in [1.29, 1.82) is 0 Å². The van der Waals surface area contributed by atoms with Crippen molar-refractivity contribution in [3.63, 3.8) is 0 Å². The first-order valence-electron chi connectivity index (χ1n) is 4.36. The summed E-state index contributed by atoms with van der Waals surface area (Å²) in [5.41, 5.74) is 5.91. The maximum Gasteiger partial charge on any atom is 0.226 e. The number of amides is 1. The zero-order chi connectivity index (χ0) is 9.84. The molecule has 0 radical (unpaired) electrons. The summed E-state index contributed by atoms with van der Waals surface area (Å²) in [6.07, 6.45) is 2.34. The van der Waals surface area contributed by atoms with Gasteiger partial charge in [-0.2, -0.15) is 0 Å². The summed E-state index contributed by atoms with van der Waals surface area (Å²) >= 11 is 0. The lowest BCUT2D eigenvalue weighted by atomic mass is 9.88. The maximum atomic E-state index is 11.1. The normalized spacial score (nSPS) is 15.2. The van der Waals surface area contributed by atoms with Crippen LogP contribution in [-0.4, -0.2) is 11.1 Å². The van der Waals surface area contributed by atoms with E-state index in [0.29, 0.717) is 5.69 Å². The van der Waals surface area contributed by atoms with Gasteiger partial charge in [-0.05, 0) is 5.92 Å². The molecule has 0 aromatic carbocycles. The molecule has 72 valence electrons. The number of aromatic nitrogens is 1. The molecule has 4 nitrogen and oxygen atoms in total. The molecule has 1 aromatic heterocycles. The zero-order valence-corrected chi connectivity index (χ0v) is 7.86. The topological polar surface area (TPSA) is 69.1 Å². The van der Waals surface area contributed by atoms with Crippen LogP contribution >= 0.6 is 0 Å². The third-order valence-electron chi connectivity index (χ3n) is 2.30. The number of rotatable bonds is 4. The summed E-state index contributed by atoms with van der Waals surface area (Å²) in [6.45, 7) is 3.99. The van der Waals surface area contributed by atoms with E-state index >= 15 is 0 Å². The predicted molar refractivity (Wildman–Crippen MR) is 47.9 cm³/mol. The fourth-order valence-electron chi connectivity index (χ4n) is 1.34. The number of carbonyl (C=O) groups is 1. The molecule has 0 spiro atoms. The van der Waals surface area contributed by atoms with Crippen molar-refractivity contribution in [1.82, 2.24) is 5.16 Å². The highest BCUT2D eigenvalue weighted by atomic mass is 16.5. The van der Waals surface area contributed by atoms with Gasteiger partial charge in [0, 0.05) is 6.07 Å². The highest BCUT2D eigenvalue weighted by molar-refractivity contribution is 5.81. The molecule has 0 bridgehead atoms. The van der Waals surface area contributed by atoms with Crippen molar-refractivity contribution in [3.05, 3.63) is 18.0 Å². The van der Waals surface area contributed by atoms with Gasteiger partial charge < -0.3 is 10.3 Å². The molecule has 1 aromatic rings.